The number of aryl methyl sites for hydroxylation is 2. The first-order valence-electron chi connectivity index (χ1n) is 6.43. The van der Waals surface area contributed by atoms with Gasteiger partial charge in [0.2, 0.25) is 0 Å². The Kier molecular flexibility index (Phi) is 3.06. The normalized spacial score (nSPS) is 10.8. The Labute approximate surface area is 121 Å². The van der Waals surface area contributed by atoms with Crippen LogP contribution in [0.5, 0.6) is 0 Å². The molecule has 0 unspecified atom stereocenters. The number of hydrogen-bond donors (Lipinski definition) is 2. The van der Waals surface area contributed by atoms with Crippen molar-refractivity contribution in [2.24, 2.45) is 7.05 Å². The van der Waals surface area contributed by atoms with Crippen LogP contribution >= 0.6 is 0 Å². The third-order valence-corrected chi connectivity index (χ3v) is 3.36. The molecule has 21 heavy (non-hydrogen) atoms. The molecule has 2 aromatic heterocycles. The van der Waals surface area contributed by atoms with Crippen LogP contribution in [0.15, 0.2) is 36.8 Å². The van der Waals surface area contributed by atoms with Crippen molar-refractivity contribution in [3.8, 4) is 0 Å². The van der Waals surface area contributed by atoms with Gasteiger partial charge in [-0.1, -0.05) is 0 Å². The molecule has 2 N–H and O–H groups in total. The van der Waals surface area contributed by atoms with Gasteiger partial charge in [-0.05, 0) is 36.8 Å². The average molecular weight is 282 g/mol. The van der Waals surface area contributed by atoms with Crippen molar-refractivity contribution in [1.29, 1.82) is 0 Å². The number of pyridine rings is 1. The first kappa shape index (κ1) is 13.1. The molecule has 0 saturated carbocycles. The van der Waals surface area contributed by atoms with E-state index in [4.69, 9.17) is 5.11 Å². The number of aromatic carboxylic acids is 1. The highest BCUT2D eigenvalue weighted by molar-refractivity contribution is 5.91. The summed E-state index contributed by atoms with van der Waals surface area (Å²) >= 11 is 0. The molecule has 106 valence electrons. The van der Waals surface area contributed by atoms with Gasteiger partial charge in [-0.3, -0.25) is 0 Å². The molecule has 0 saturated heterocycles. The molecular formula is C15H14N4O2. The summed E-state index contributed by atoms with van der Waals surface area (Å²) in [5.74, 6) is -0.278. The van der Waals surface area contributed by atoms with Crippen LogP contribution in [-0.2, 0) is 7.05 Å². The van der Waals surface area contributed by atoms with Gasteiger partial charge in [0.05, 0.1) is 17.4 Å². The minimum absolute atomic E-state index is 0.296. The van der Waals surface area contributed by atoms with E-state index in [0.717, 1.165) is 16.7 Å². The zero-order valence-corrected chi connectivity index (χ0v) is 11.7. The number of anilines is 2. The monoisotopic (exact) mass is 282 g/mol. The number of benzene rings is 1. The number of carboxylic acids is 1. The molecule has 1 aromatic carbocycles. The van der Waals surface area contributed by atoms with Gasteiger partial charge in [0.15, 0.2) is 5.82 Å². The van der Waals surface area contributed by atoms with Crippen LogP contribution in [0.25, 0.3) is 11.0 Å². The average Bonchev–Trinajstić information content (AvgIpc) is 2.81. The van der Waals surface area contributed by atoms with Crippen molar-refractivity contribution in [2.45, 2.75) is 6.92 Å². The highest BCUT2D eigenvalue weighted by atomic mass is 16.4. The van der Waals surface area contributed by atoms with Gasteiger partial charge >= 0.3 is 5.97 Å². The lowest BCUT2D eigenvalue weighted by Crippen LogP contribution is -2.01. The fourth-order valence-corrected chi connectivity index (χ4v) is 2.27. The van der Waals surface area contributed by atoms with E-state index in [1.54, 1.807) is 37.6 Å². The minimum atomic E-state index is -0.927. The number of aromatic nitrogens is 3. The number of carbonyl (C=O) groups is 1. The molecular weight excluding hydrogens is 268 g/mol. The molecule has 0 aliphatic heterocycles. The Morgan fingerprint density at radius 1 is 1.29 bits per heavy atom. The van der Waals surface area contributed by atoms with Crippen molar-refractivity contribution < 1.29 is 9.90 Å². The largest absolute Gasteiger partial charge is 0.478 e. The predicted molar refractivity (Wildman–Crippen MR) is 79.9 cm³/mol. The Morgan fingerprint density at radius 2 is 2.10 bits per heavy atom. The van der Waals surface area contributed by atoms with Gasteiger partial charge in [-0.2, -0.15) is 0 Å². The highest BCUT2D eigenvalue weighted by Gasteiger charge is 2.10. The van der Waals surface area contributed by atoms with Crippen LogP contribution in [0.3, 0.4) is 0 Å². The maximum Gasteiger partial charge on any atom is 0.335 e. The number of carboxylic acid groups (broad SMARTS) is 1. The van der Waals surface area contributed by atoms with Gasteiger partial charge in [-0.25, -0.2) is 14.8 Å². The fraction of sp³-hybridized carbons (Fsp3) is 0.133. The lowest BCUT2D eigenvalue weighted by molar-refractivity contribution is 0.0696. The van der Waals surface area contributed by atoms with E-state index < -0.39 is 5.97 Å². The molecule has 0 fully saturated rings. The predicted octanol–water partition coefficient (Wildman–Crippen LogP) is 2.72. The topological polar surface area (TPSA) is 80.0 Å². The Morgan fingerprint density at radius 3 is 2.81 bits per heavy atom. The van der Waals surface area contributed by atoms with Crippen LogP contribution in [0.4, 0.5) is 11.5 Å². The third kappa shape index (κ3) is 2.31. The summed E-state index contributed by atoms with van der Waals surface area (Å²) in [5.41, 5.74) is 3.53. The van der Waals surface area contributed by atoms with Crippen molar-refractivity contribution in [3.05, 3.63) is 47.9 Å². The Hall–Kier alpha value is -2.89. The summed E-state index contributed by atoms with van der Waals surface area (Å²) in [6.45, 7) is 1.77. The standard InChI is InChI=1S/C15H14N4O2/c1-9-7-10(3-4-11(9)15(20)21)18-14-13-12(5-6-16-14)19(2)8-17-13/h3-8H,1-2H3,(H,16,18)(H,20,21). The molecule has 0 bridgehead atoms. The van der Waals surface area contributed by atoms with Crippen molar-refractivity contribution in [2.75, 3.05) is 5.32 Å². The van der Waals surface area contributed by atoms with Crippen LogP contribution in [0, 0.1) is 6.92 Å². The van der Waals surface area contributed by atoms with E-state index in [-0.39, 0.29) is 0 Å². The molecule has 0 aliphatic carbocycles. The van der Waals surface area contributed by atoms with Crippen LogP contribution < -0.4 is 5.32 Å². The molecule has 6 heteroatoms. The number of rotatable bonds is 3. The summed E-state index contributed by atoms with van der Waals surface area (Å²) < 4.78 is 1.92. The molecule has 0 aliphatic rings. The summed E-state index contributed by atoms with van der Waals surface area (Å²) in [4.78, 5) is 19.6. The van der Waals surface area contributed by atoms with Gasteiger partial charge in [0.25, 0.3) is 0 Å². The third-order valence-electron chi connectivity index (χ3n) is 3.36. The SMILES string of the molecule is Cc1cc(Nc2nccc3c2ncn3C)ccc1C(=O)O. The smallest absolute Gasteiger partial charge is 0.335 e. The molecule has 0 amide bonds. The quantitative estimate of drug-likeness (QED) is 0.772. The molecule has 6 nitrogen and oxygen atoms in total. The summed E-state index contributed by atoms with van der Waals surface area (Å²) in [7, 11) is 1.92. The zero-order valence-electron chi connectivity index (χ0n) is 11.7. The van der Waals surface area contributed by atoms with Gasteiger partial charge < -0.3 is 15.0 Å². The second kappa shape index (κ2) is 4.90. The highest BCUT2D eigenvalue weighted by Crippen LogP contribution is 2.24. The van der Waals surface area contributed by atoms with Crippen LogP contribution in [0.1, 0.15) is 15.9 Å². The van der Waals surface area contributed by atoms with E-state index in [9.17, 15) is 4.79 Å². The Balaban J connectivity index is 1.99. The van der Waals surface area contributed by atoms with Crippen molar-refractivity contribution in [1.82, 2.24) is 14.5 Å². The van der Waals surface area contributed by atoms with Crippen molar-refractivity contribution >= 4 is 28.5 Å². The first-order valence-corrected chi connectivity index (χ1v) is 6.43. The molecule has 0 spiro atoms. The van der Waals surface area contributed by atoms with Gasteiger partial charge in [-0.15, -0.1) is 0 Å². The molecule has 3 aromatic rings. The molecule has 0 radical (unpaired) electrons. The number of hydrogen-bond acceptors (Lipinski definition) is 4. The first-order chi connectivity index (χ1) is 10.1. The Bertz CT molecular complexity index is 839. The van der Waals surface area contributed by atoms with Crippen LogP contribution in [0.2, 0.25) is 0 Å². The summed E-state index contributed by atoms with van der Waals surface area (Å²) in [6.07, 6.45) is 3.45. The zero-order chi connectivity index (χ0) is 15.0. The number of nitrogens with zero attached hydrogens (tertiary/aromatic N) is 3. The number of fused-ring (bicyclic) bond motifs is 1. The molecule has 2 heterocycles. The van der Waals surface area contributed by atoms with E-state index in [1.807, 2.05) is 17.7 Å². The lowest BCUT2D eigenvalue weighted by Gasteiger charge is -2.08. The van der Waals surface area contributed by atoms with E-state index in [1.165, 1.54) is 0 Å². The van der Waals surface area contributed by atoms with Crippen molar-refractivity contribution in [3.63, 3.8) is 0 Å². The van der Waals surface area contributed by atoms with Gasteiger partial charge in [0.1, 0.15) is 5.52 Å². The molecule has 3 rings (SSSR count). The number of nitrogens with one attached hydrogen (secondary N) is 1. The maximum atomic E-state index is 11.0. The maximum absolute atomic E-state index is 11.0. The van der Waals surface area contributed by atoms with Crippen LogP contribution in [-0.4, -0.2) is 25.6 Å². The second-order valence-corrected chi connectivity index (χ2v) is 4.84. The van der Waals surface area contributed by atoms with E-state index in [2.05, 4.69) is 15.3 Å². The second-order valence-electron chi connectivity index (χ2n) is 4.84. The summed E-state index contributed by atoms with van der Waals surface area (Å²) in [6, 6.07) is 6.98. The summed E-state index contributed by atoms with van der Waals surface area (Å²) in [5, 5.41) is 12.2. The van der Waals surface area contributed by atoms with E-state index >= 15 is 0 Å². The van der Waals surface area contributed by atoms with Gasteiger partial charge in [0, 0.05) is 18.9 Å². The minimum Gasteiger partial charge on any atom is -0.478 e. The molecule has 0 atom stereocenters. The van der Waals surface area contributed by atoms with E-state index in [0.29, 0.717) is 16.9 Å². The lowest BCUT2D eigenvalue weighted by atomic mass is 10.1. The fourth-order valence-electron chi connectivity index (χ4n) is 2.27. The number of imidazole rings is 1.